The number of aryl methyl sites for hydroxylation is 1. The maximum atomic E-state index is 11.0. The van der Waals surface area contributed by atoms with Gasteiger partial charge in [-0.25, -0.2) is 9.89 Å². The van der Waals surface area contributed by atoms with Gasteiger partial charge in [-0.15, -0.1) is 0 Å². The number of benzene rings is 1. The average Bonchev–Trinajstić information content (AvgIpc) is 2.36. The van der Waals surface area contributed by atoms with Crippen LogP contribution in [0, 0.1) is 6.92 Å². The minimum atomic E-state index is -0.548. The highest BCUT2D eigenvalue weighted by atomic mass is 35.5. The first kappa shape index (κ1) is 13.5. The molecule has 1 aromatic carbocycles. The van der Waals surface area contributed by atoms with Crippen molar-refractivity contribution in [3.8, 4) is 0 Å². The van der Waals surface area contributed by atoms with Gasteiger partial charge in [-0.2, -0.15) is 15.2 Å². The predicted octanol–water partition coefficient (Wildman–Crippen LogP) is 2.23. The zero-order chi connectivity index (χ0) is 13.8. The van der Waals surface area contributed by atoms with E-state index in [1.807, 2.05) is 0 Å². The summed E-state index contributed by atoms with van der Waals surface area (Å²) in [6.45, 7) is 1.69. The lowest BCUT2D eigenvalue weighted by molar-refractivity contribution is 0.879. The summed E-state index contributed by atoms with van der Waals surface area (Å²) in [6.07, 6.45) is 1.50. The fourth-order valence-corrected chi connectivity index (χ4v) is 1.72. The molecule has 0 fully saturated rings. The van der Waals surface area contributed by atoms with Crippen molar-refractivity contribution >= 4 is 35.2 Å². The molecule has 0 aliphatic rings. The van der Waals surface area contributed by atoms with Gasteiger partial charge in [0.1, 0.15) is 5.69 Å². The monoisotopic (exact) mass is 297 g/mol. The van der Waals surface area contributed by atoms with Crippen molar-refractivity contribution in [1.29, 1.82) is 0 Å². The van der Waals surface area contributed by atoms with E-state index in [-0.39, 0.29) is 5.82 Å². The van der Waals surface area contributed by atoms with Gasteiger partial charge in [0.05, 0.1) is 11.2 Å². The zero-order valence-electron chi connectivity index (χ0n) is 9.82. The number of aromatic nitrogens is 3. The van der Waals surface area contributed by atoms with E-state index in [0.717, 1.165) is 0 Å². The number of hydrogen-bond acceptors (Lipinski definition) is 5. The molecule has 8 heteroatoms. The lowest BCUT2D eigenvalue weighted by Gasteiger charge is -2.01. The minimum absolute atomic E-state index is 0.282. The van der Waals surface area contributed by atoms with Crippen LogP contribution in [0.5, 0.6) is 0 Å². The Balaban J connectivity index is 2.15. The molecular weight excluding hydrogens is 289 g/mol. The van der Waals surface area contributed by atoms with Crippen LogP contribution in [0.1, 0.15) is 11.3 Å². The molecule has 1 aromatic heterocycles. The van der Waals surface area contributed by atoms with Gasteiger partial charge in [0.2, 0.25) is 0 Å². The summed E-state index contributed by atoms with van der Waals surface area (Å²) >= 11 is 11.8. The fourth-order valence-electron chi connectivity index (χ4n) is 1.27. The molecule has 2 aromatic rings. The molecule has 0 amide bonds. The minimum Gasteiger partial charge on any atom is -0.260 e. The second-order valence-corrected chi connectivity index (χ2v) is 4.45. The molecule has 2 N–H and O–H groups in total. The molecule has 1 heterocycles. The van der Waals surface area contributed by atoms with Crippen molar-refractivity contribution in [2.45, 2.75) is 6.92 Å². The van der Waals surface area contributed by atoms with Gasteiger partial charge in [0.25, 0.3) is 0 Å². The summed E-state index contributed by atoms with van der Waals surface area (Å²) in [6, 6.07) is 5.04. The second-order valence-electron chi connectivity index (χ2n) is 3.61. The zero-order valence-corrected chi connectivity index (χ0v) is 11.3. The van der Waals surface area contributed by atoms with Crippen LogP contribution in [0.3, 0.4) is 0 Å². The first-order valence-electron chi connectivity index (χ1n) is 5.24. The summed E-state index contributed by atoms with van der Waals surface area (Å²) in [5, 5.41) is 10.9. The van der Waals surface area contributed by atoms with E-state index >= 15 is 0 Å². The van der Waals surface area contributed by atoms with Crippen molar-refractivity contribution in [3.63, 3.8) is 0 Å². The SMILES string of the molecule is Cc1n[nH]c(=O)nc1N/N=C\c1ccc(Cl)cc1Cl. The number of hydrogen-bond donors (Lipinski definition) is 2. The number of anilines is 1. The molecule has 19 heavy (non-hydrogen) atoms. The highest BCUT2D eigenvalue weighted by Gasteiger charge is 2.01. The van der Waals surface area contributed by atoms with E-state index in [0.29, 0.717) is 21.3 Å². The molecule has 98 valence electrons. The summed E-state index contributed by atoms with van der Waals surface area (Å²) in [7, 11) is 0. The molecule has 0 saturated heterocycles. The lowest BCUT2D eigenvalue weighted by atomic mass is 10.2. The maximum absolute atomic E-state index is 11.0. The summed E-state index contributed by atoms with van der Waals surface area (Å²) < 4.78 is 0. The third-order valence-corrected chi connectivity index (χ3v) is 2.77. The Labute approximate surface area is 118 Å². The molecule has 0 saturated carbocycles. The average molecular weight is 298 g/mol. The van der Waals surface area contributed by atoms with Crippen LogP contribution in [0.15, 0.2) is 28.1 Å². The summed E-state index contributed by atoms with van der Waals surface area (Å²) in [4.78, 5) is 14.7. The van der Waals surface area contributed by atoms with Crippen LogP contribution in [0.4, 0.5) is 5.82 Å². The van der Waals surface area contributed by atoms with Crippen molar-refractivity contribution < 1.29 is 0 Å². The van der Waals surface area contributed by atoms with Crippen molar-refractivity contribution in [2.24, 2.45) is 5.10 Å². The Morgan fingerprint density at radius 3 is 2.95 bits per heavy atom. The number of aromatic amines is 1. The molecule has 2 rings (SSSR count). The molecule has 0 unspecified atom stereocenters. The van der Waals surface area contributed by atoms with Gasteiger partial charge in [-0.05, 0) is 19.1 Å². The van der Waals surface area contributed by atoms with Gasteiger partial charge in [0.15, 0.2) is 5.82 Å². The van der Waals surface area contributed by atoms with Gasteiger partial charge in [-0.3, -0.25) is 5.43 Å². The number of nitrogens with zero attached hydrogens (tertiary/aromatic N) is 3. The Morgan fingerprint density at radius 1 is 1.42 bits per heavy atom. The van der Waals surface area contributed by atoms with Gasteiger partial charge < -0.3 is 0 Å². The molecule has 0 bridgehead atoms. The van der Waals surface area contributed by atoms with E-state index in [4.69, 9.17) is 23.2 Å². The van der Waals surface area contributed by atoms with E-state index < -0.39 is 5.69 Å². The Bertz CT molecular complexity index is 683. The second kappa shape index (κ2) is 5.81. The summed E-state index contributed by atoms with van der Waals surface area (Å²) in [5.41, 5.74) is 3.30. The molecule has 0 spiro atoms. The topological polar surface area (TPSA) is 83.0 Å². The molecule has 6 nitrogen and oxygen atoms in total. The van der Waals surface area contributed by atoms with E-state index in [2.05, 4.69) is 25.7 Å². The number of rotatable bonds is 3. The van der Waals surface area contributed by atoms with E-state index in [1.54, 1.807) is 25.1 Å². The lowest BCUT2D eigenvalue weighted by Crippen LogP contribution is -2.15. The Hall–Kier alpha value is -1.92. The Morgan fingerprint density at radius 2 is 2.21 bits per heavy atom. The normalized spacial score (nSPS) is 10.9. The number of halogens is 2. The molecule has 0 atom stereocenters. The number of nitrogens with one attached hydrogen (secondary N) is 2. The molecular formula is C11H9Cl2N5O. The van der Waals surface area contributed by atoms with Crippen LogP contribution >= 0.6 is 23.2 Å². The van der Waals surface area contributed by atoms with Gasteiger partial charge in [0, 0.05) is 10.6 Å². The first-order valence-corrected chi connectivity index (χ1v) is 5.99. The highest BCUT2D eigenvalue weighted by Crippen LogP contribution is 2.19. The third kappa shape index (κ3) is 3.52. The smallest absolute Gasteiger partial charge is 0.260 e. The fraction of sp³-hybridized carbons (Fsp3) is 0.0909. The van der Waals surface area contributed by atoms with Crippen LogP contribution in [0.25, 0.3) is 0 Å². The molecule has 0 aliphatic heterocycles. The highest BCUT2D eigenvalue weighted by molar-refractivity contribution is 6.36. The van der Waals surface area contributed by atoms with Crippen molar-refractivity contribution in [3.05, 3.63) is 50.0 Å². The number of hydrazone groups is 1. The predicted molar refractivity (Wildman–Crippen MR) is 75.1 cm³/mol. The van der Waals surface area contributed by atoms with E-state index in [1.165, 1.54) is 6.21 Å². The Kier molecular flexibility index (Phi) is 4.13. The molecule has 0 radical (unpaired) electrons. The van der Waals surface area contributed by atoms with Gasteiger partial charge >= 0.3 is 5.69 Å². The summed E-state index contributed by atoms with van der Waals surface area (Å²) in [5.74, 6) is 0.282. The van der Waals surface area contributed by atoms with Crippen molar-refractivity contribution in [2.75, 3.05) is 5.43 Å². The van der Waals surface area contributed by atoms with Crippen LogP contribution < -0.4 is 11.1 Å². The van der Waals surface area contributed by atoms with Gasteiger partial charge in [-0.1, -0.05) is 29.3 Å². The quantitative estimate of drug-likeness (QED) is 0.672. The third-order valence-electron chi connectivity index (χ3n) is 2.21. The number of H-pyrrole nitrogens is 1. The first-order chi connectivity index (χ1) is 9.06. The molecule has 0 aliphatic carbocycles. The van der Waals surface area contributed by atoms with Crippen LogP contribution in [0.2, 0.25) is 10.0 Å². The van der Waals surface area contributed by atoms with E-state index in [9.17, 15) is 4.79 Å². The largest absolute Gasteiger partial charge is 0.363 e. The standard InChI is InChI=1S/C11H9Cl2N5O/c1-6-10(15-11(19)18-16-6)17-14-5-7-2-3-8(12)4-9(7)13/h2-5H,1H3,(H2,15,17,18,19)/b14-5-. The van der Waals surface area contributed by atoms with Crippen LogP contribution in [-0.2, 0) is 0 Å². The van der Waals surface area contributed by atoms with Crippen LogP contribution in [-0.4, -0.2) is 21.4 Å². The van der Waals surface area contributed by atoms with Crippen molar-refractivity contribution in [1.82, 2.24) is 15.2 Å². The maximum Gasteiger partial charge on any atom is 0.363 e.